The van der Waals surface area contributed by atoms with Gasteiger partial charge >= 0.3 is 65.1 Å². The third-order valence-electron chi connectivity index (χ3n) is 2.92. The Hall–Kier alpha value is -0.190. The van der Waals surface area contributed by atoms with Crippen LogP contribution in [0.25, 0.3) is 0 Å². The fourth-order valence-electron chi connectivity index (χ4n) is 2.13. The zero-order valence-electron chi connectivity index (χ0n) is 16.6. The van der Waals surface area contributed by atoms with Crippen LogP contribution in [-0.4, -0.2) is 46.1 Å². The van der Waals surface area contributed by atoms with Gasteiger partial charge in [0.2, 0.25) is 0 Å². The number of ketones is 2. The van der Waals surface area contributed by atoms with E-state index in [0.29, 0.717) is 0 Å². The minimum atomic E-state index is -1.24. The molecule has 0 amide bonds. The van der Waals surface area contributed by atoms with E-state index in [1.165, 1.54) is 13.8 Å². The molecule has 10 heteroatoms. The molecular weight excluding hydrogens is 378 g/mol. The van der Waals surface area contributed by atoms with Crippen molar-refractivity contribution in [2.24, 2.45) is 0 Å². The van der Waals surface area contributed by atoms with Gasteiger partial charge in [-0.15, -0.1) is 11.5 Å². The van der Waals surface area contributed by atoms with Crippen LogP contribution in [0.1, 0.15) is 46.5 Å². The molecule has 0 aliphatic carbocycles. The van der Waals surface area contributed by atoms with Crippen molar-refractivity contribution >= 4 is 17.5 Å². The van der Waals surface area contributed by atoms with Crippen LogP contribution in [0, 0.1) is 0 Å². The van der Waals surface area contributed by atoms with Gasteiger partial charge in [0.25, 0.3) is 0 Å². The second-order valence-corrected chi connectivity index (χ2v) is 5.88. The van der Waals surface area contributed by atoms with E-state index in [1.807, 2.05) is 0 Å². The maximum absolute atomic E-state index is 11.7. The summed E-state index contributed by atoms with van der Waals surface area (Å²) >= 11 is 0. The summed E-state index contributed by atoms with van der Waals surface area (Å²) in [5, 5.41) is 42.2. The largest absolute Gasteiger partial charge is 1.00 e. The van der Waals surface area contributed by atoms with Crippen LogP contribution in [0.3, 0.4) is 0 Å². The quantitative estimate of drug-likeness (QED) is 0.150. The first-order chi connectivity index (χ1) is 11.5. The van der Waals surface area contributed by atoms with Crippen LogP contribution in [0.2, 0.25) is 0 Å². The smallest absolute Gasteiger partial charge is 0.875 e. The summed E-state index contributed by atoms with van der Waals surface area (Å²) in [5.41, 5.74) is 0. The standard InChI is InChI=1S/C17H26O8.2Na/c1-10(18)4-13(21)6-15(23)7-16(24)9-17(25-12(3)20)8-14(22)5-11(2)19;;/h5-6,10,16-18,22-24H,4,7-9H2,1-3H3;;/q;2*+1/p-2/b14-5?,15-6-;;. The van der Waals surface area contributed by atoms with Crippen molar-refractivity contribution in [2.75, 3.05) is 0 Å². The average molecular weight is 402 g/mol. The Morgan fingerprint density at radius 3 is 1.93 bits per heavy atom. The summed E-state index contributed by atoms with van der Waals surface area (Å²) in [6.45, 7) is 3.74. The van der Waals surface area contributed by atoms with E-state index in [0.717, 1.165) is 19.1 Å². The van der Waals surface area contributed by atoms with Crippen LogP contribution >= 0.6 is 0 Å². The van der Waals surface area contributed by atoms with Gasteiger partial charge in [0.05, 0.1) is 12.2 Å². The number of carbonyl (C=O) groups excluding carboxylic acids is 3. The molecule has 0 aromatic carbocycles. The summed E-state index contributed by atoms with van der Waals surface area (Å²) in [7, 11) is 0. The van der Waals surface area contributed by atoms with Gasteiger partial charge in [-0.25, -0.2) is 0 Å². The molecule has 0 aromatic heterocycles. The van der Waals surface area contributed by atoms with Crippen LogP contribution in [-0.2, 0) is 19.1 Å². The van der Waals surface area contributed by atoms with E-state index in [4.69, 9.17) is 9.84 Å². The molecule has 0 radical (unpaired) electrons. The number of hydrogen-bond acceptors (Lipinski definition) is 8. The Morgan fingerprint density at radius 2 is 1.48 bits per heavy atom. The normalized spacial score (nSPS) is 14.9. The van der Waals surface area contributed by atoms with Crippen LogP contribution in [0.4, 0.5) is 0 Å². The van der Waals surface area contributed by atoms with Gasteiger partial charge in [0.15, 0.2) is 11.6 Å². The minimum absolute atomic E-state index is 0. The zero-order chi connectivity index (χ0) is 19.6. The maximum atomic E-state index is 11.7. The van der Waals surface area contributed by atoms with Gasteiger partial charge in [-0.3, -0.25) is 14.4 Å². The number of aliphatic hydroxyl groups is 2. The van der Waals surface area contributed by atoms with E-state index < -0.39 is 53.8 Å². The molecule has 27 heavy (non-hydrogen) atoms. The Bertz CT molecular complexity index is 543. The summed E-state index contributed by atoms with van der Waals surface area (Å²) in [4.78, 5) is 33.3. The van der Waals surface area contributed by atoms with Crippen LogP contribution in [0.15, 0.2) is 23.7 Å². The molecule has 3 unspecified atom stereocenters. The predicted octanol–water partition coefficient (Wildman–Crippen LogP) is -7.13. The van der Waals surface area contributed by atoms with E-state index >= 15 is 0 Å². The van der Waals surface area contributed by atoms with Crippen molar-refractivity contribution in [3.63, 3.8) is 0 Å². The predicted molar refractivity (Wildman–Crippen MR) is 83.6 cm³/mol. The molecule has 0 bridgehead atoms. The van der Waals surface area contributed by atoms with Crippen molar-refractivity contribution in [1.29, 1.82) is 0 Å². The molecule has 0 rings (SSSR count). The summed E-state index contributed by atoms with van der Waals surface area (Å²) in [6, 6.07) is 0. The zero-order valence-corrected chi connectivity index (χ0v) is 20.6. The maximum Gasteiger partial charge on any atom is 1.00 e. The Labute approximate surface area is 203 Å². The van der Waals surface area contributed by atoms with Crippen molar-refractivity contribution in [3.8, 4) is 0 Å². The summed E-state index contributed by atoms with van der Waals surface area (Å²) in [5.74, 6) is -2.88. The fraction of sp³-hybridized carbons (Fsp3) is 0.588. The van der Waals surface area contributed by atoms with E-state index in [-0.39, 0.29) is 78.4 Å². The number of hydrogen-bond donors (Lipinski definition) is 2. The van der Waals surface area contributed by atoms with Crippen molar-refractivity contribution < 1.29 is 98.7 Å². The Balaban J connectivity index is -0.00000288. The van der Waals surface area contributed by atoms with Gasteiger partial charge in [0, 0.05) is 19.8 Å². The van der Waals surface area contributed by atoms with Crippen LogP contribution < -0.4 is 69.3 Å². The number of ether oxygens (including phenoxy) is 1. The first-order valence-corrected chi connectivity index (χ1v) is 7.81. The molecule has 0 aliphatic heterocycles. The molecular formula is C17H24Na2O8. The van der Waals surface area contributed by atoms with Crippen molar-refractivity contribution in [1.82, 2.24) is 0 Å². The van der Waals surface area contributed by atoms with E-state index in [1.54, 1.807) is 0 Å². The second-order valence-electron chi connectivity index (χ2n) is 5.88. The molecule has 8 nitrogen and oxygen atoms in total. The molecule has 0 saturated carbocycles. The first-order valence-electron chi connectivity index (χ1n) is 7.81. The molecule has 0 spiro atoms. The van der Waals surface area contributed by atoms with Crippen molar-refractivity contribution in [3.05, 3.63) is 23.7 Å². The van der Waals surface area contributed by atoms with Gasteiger partial charge in [-0.05, 0) is 38.8 Å². The molecule has 3 atom stereocenters. The van der Waals surface area contributed by atoms with Crippen molar-refractivity contribution in [2.45, 2.75) is 64.8 Å². The van der Waals surface area contributed by atoms with Gasteiger partial charge < -0.3 is 25.2 Å². The van der Waals surface area contributed by atoms with Crippen LogP contribution in [0.5, 0.6) is 0 Å². The Morgan fingerprint density at radius 1 is 0.963 bits per heavy atom. The molecule has 0 aliphatic rings. The number of aliphatic hydroxyl groups excluding tert-OH is 2. The molecule has 0 aromatic rings. The monoisotopic (exact) mass is 402 g/mol. The number of rotatable bonds is 11. The fourth-order valence-corrected chi connectivity index (χ4v) is 2.13. The van der Waals surface area contributed by atoms with Gasteiger partial charge in [-0.1, -0.05) is 0 Å². The number of allylic oxidation sites excluding steroid dienone is 2. The third kappa shape index (κ3) is 18.9. The van der Waals surface area contributed by atoms with Gasteiger partial charge in [-0.2, -0.15) is 0 Å². The third-order valence-corrected chi connectivity index (χ3v) is 2.92. The summed E-state index contributed by atoms with van der Waals surface area (Å²) in [6.07, 6.45) is -2.54. The number of carbonyl (C=O) groups is 3. The molecule has 142 valence electrons. The van der Waals surface area contributed by atoms with E-state index in [9.17, 15) is 29.7 Å². The number of esters is 1. The Kier molecular flexibility index (Phi) is 19.5. The first kappa shape index (κ1) is 31.5. The molecule has 0 fully saturated rings. The van der Waals surface area contributed by atoms with E-state index in [2.05, 4.69) is 0 Å². The second kappa shape index (κ2) is 16.7. The average Bonchev–Trinajstić information content (AvgIpc) is 2.33. The molecule has 0 heterocycles. The topological polar surface area (TPSA) is 147 Å². The van der Waals surface area contributed by atoms with Gasteiger partial charge in [0.1, 0.15) is 6.10 Å². The summed E-state index contributed by atoms with van der Waals surface area (Å²) < 4.78 is 4.92. The molecule has 0 saturated heterocycles. The molecule has 2 N–H and O–H groups in total. The SMILES string of the molecule is CC(=O)C=C([O-])CC(CC(O)C/C([O-])=C/C(=O)CC(C)O)OC(C)=O.[Na+].[Na+]. The minimum Gasteiger partial charge on any atom is -0.875 e.